The molecule has 22 heavy (non-hydrogen) atoms. The standard InChI is InChI=1S/C15H12F3NO2S/c1-22-13-8-2-10(3-9-13)14(20)19-11-4-6-12(7-5-11)21-15(16,17)18/h2-9H,1H3,(H,19,20). The van der Waals surface area contributed by atoms with Gasteiger partial charge in [-0.1, -0.05) is 0 Å². The molecular weight excluding hydrogens is 315 g/mol. The third kappa shape index (κ3) is 4.70. The van der Waals surface area contributed by atoms with E-state index in [1.54, 1.807) is 23.9 Å². The van der Waals surface area contributed by atoms with Crippen LogP contribution in [0.5, 0.6) is 5.75 Å². The van der Waals surface area contributed by atoms with E-state index in [0.29, 0.717) is 11.3 Å². The maximum absolute atomic E-state index is 12.0. The molecule has 0 aliphatic rings. The van der Waals surface area contributed by atoms with E-state index in [1.165, 1.54) is 12.1 Å². The maximum Gasteiger partial charge on any atom is 0.573 e. The lowest BCUT2D eigenvalue weighted by molar-refractivity contribution is -0.274. The van der Waals surface area contributed by atoms with E-state index < -0.39 is 6.36 Å². The van der Waals surface area contributed by atoms with Gasteiger partial charge in [0.15, 0.2) is 0 Å². The summed E-state index contributed by atoms with van der Waals surface area (Å²) in [6, 6.07) is 12.0. The third-order valence-electron chi connectivity index (χ3n) is 2.70. The molecule has 1 N–H and O–H groups in total. The van der Waals surface area contributed by atoms with Crippen LogP contribution in [0, 0.1) is 0 Å². The summed E-state index contributed by atoms with van der Waals surface area (Å²) >= 11 is 1.56. The Morgan fingerprint density at radius 1 is 1.05 bits per heavy atom. The van der Waals surface area contributed by atoms with Gasteiger partial charge in [0.25, 0.3) is 5.91 Å². The Labute approximate surface area is 129 Å². The molecule has 0 aliphatic heterocycles. The molecule has 2 rings (SSSR count). The topological polar surface area (TPSA) is 38.3 Å². The number of anilines is 1. The van der Waals surface area contributed by atoms with Gasteiger partial charge in [-0.2, -0.15) is 0 Å². The molecule has 0 radical (unpaired) electrons. The van der Waals surface area contributed by atoms with E-state index in [0.717, 1.165) is 17.0 Å². The van der Waals surface area contributed by atoms with Crippen molar-refractivity contribution >= 4 is 23.4 Å². The number of ether oxygens (including phenoxy) is 1. The molecule has 0 saturated carbocycles. The van der Waals surface area contributed by atoms with Crippen LogP contribution >= 0.6 is 11.8 Å². The molecule has 0 aromatic heterocycles. The van der Waals surface area contributed by atoms with Crippen LogP contribution < -0.4 is 10.1 Å². The first-order chi connectivity index (χ1) is 10.4. The van der Waals surface area contributed by atoms with Crippen LogP contribution in [-0.4, -0.2) is 18.5 Å². The molecule has 0 unspecified atom stereocenters. The highest BCUT2D eigenvalue weighted by Gasteiger charge is 2.30. The van der Waals surface area contributed by atoms with Gasteiger partial charge in [0.2, 0.25) is 0 Å². The lowest BCUT2D eigenvalue weighted by Gasteiger charge is -2.10. The number of rotatable bonds is 4. The molecule has 2 aromatic rings. The quantitative estimate of drug-likeness (QED) is 0.837. The average molecular weight is 327 g/mol. The summed E-state index contributed by atoms with van der Waals surface area (Å²) in [6.07, 6.45) is -2.80. The average Bonchev–Trinajstić information content (AvgIpc) is 2.48. The lowest BCUT2D eigenvalue weighted by atomic mass is 10.2. The summed E-state index contributed by atoms with van der Waals surface area (Å²) in [5.41, 5.74) is 0.849. The summed E-state index contributed by atoms with van der Waals surface area (Å²) in [7, 11) is 0. The second-order valence-corrected chi connectivity index (χ2v) is 5.13. The minimum absolute atomic E-state index is 0.336. The normalized spacial score (nSPS) is 11.1. The number of thioether (sulfide) groups is 1. The Hall–Kier alpha value is -2.15. The predicted octanol–water partition coefficient (Wildman–Crippen LogP) is 4.56. The van der Waals surface area contributed by atoms with Crippen LogP contribution in [-0.2, 0) is 0 Å². The summed E-state index contributed by atoms with van der Waals surface area (Å²) in [5, 5.41) is 2.60. The van der Waals surface area contributed by atoms with Crippen molar-refractivity contribution in [3.05, 3.63) is 54.1 Å². The molecule has 1 amide bonds. The highest BCUT2D eigenvalue weighted by Crippen LogP contribution is 2.24. The van der Waals surface area contributed by atoms with Gasteiger partial charge in [0.1, 0.15) is 5.75 Å². The van der Waals surface area contributed by atoms with E-state index in [1.807, 2.05) is 18.4 Å². The predicted molar refractivity (Wildman–Crippen MR) is 79.3 cm³/mol. The van der Waals surface area contributed by atoms with Crippen LogP contribution in [0.4, 0.5) is 18.9 Å². The molecule has 7 heteroatoms. The van der Waals surface area contributed by atoms with E-state index in [2.05, 4.69) is 10.1 Å². The van der Waals surface area contributed by atoms with Crippen LogP contribution in [0.2, 0.25) is 0 Å². The molecule has 0 bridgehead atoms. The van der Waals surface area contributed by atoms with Gasteiger partial charge in [0.05, 0.1) is 0 Å². The van der Waals surface area contributed by atoms with Gasteiger partial charge in [-0.05, 0) is 54.8 Å². The molecule has 116 valence electrons. The molecule has 3 nitrogen and oxygen atoms in total. The third-order valence-corrected chi connectivity index (χ3v) is 3.44. The first kappa shape index (κ1) is 16.2. The summed E-state index contributed by atoms with van der Waals surface area (Å²) in [5.74, 6) is -0.674. The van der Waals surface area contributed by atoms with Crippen molar-refractivity contribution in [2.45, 2.75) is 11.3 Å². The highest BCUT2D eigenvalue weighted by atomic mass is 32.2. The van der Waals surface area contributed by atoms with Gasteiger partial charge < -0.3 is 10.1 Å². The first-order valence-electron chi connectivity index (χ1n) is 6.18. The number of carbonyl (C=O) groups is 1. The van der Waals surface area contributed by atoms with Gasteiger partial charge in [-0.25, -0.2) is 0 Å². The smallest absolute Gasteiger partial charge is 0.406 e. The Kier molecular flexibility index (Phi) is 4.97. The van der Waals surface area contributed by atoms with Crippen LogP contribution in [0.25, 0.3) is 0 Å². The van der Waals surface area contributed by atoms with Gasteiger partial charge in [-0.15, -0.1) is 24.9 Å². The maximum atomic E-state index is 12.0. The van der Waals surface area contributed by atoms with Crippen LogP contribution in [0.1, 0.15) is 10.4 Å². The van der Waals surface area contributed by atoms with Crippen molar-refractivity contribution in [1.29, 1.82) is 0 Å². The van der Waals surface area contributed by atoms with Crippen molar-refractivity contribution in [3.8, 4) is 5.75 Å². The number of hydrogen-bond donors (Lipinski definition) is 1. The van der Waals surface area contributed by atoms with E-state index in [9.17, 15) is 18.0 Å². The fraction of sp³-hybridized carbons (Fsp3) is 0.133. The Morgan fingerprint density at radius 3 is 2.14 bits per heavy atom. The van der Waals surface area contributed by atoms with E-state index in [-0.39, 0.29) is 11.7 Å². The van der Waals surface area contributed by atoms with Crippen molar-refractivity contribution in [1.82, 2.24) is 0 Å². The molecular formula is C15H12F3NO2S. The zero-order valence-electron chi connectivity index (χ0n) is 11.5. The van der Waals surface area contributed by atoms with Crippen molar-refractivity contribution in [2.24, 2.45) is 0 Å². The monoisotopic (exact) mass is 327 g/mol. The minimum Gasteiger partial charge on any atom is -0.406 e. The Bertz CT molecular complexity index is 639. The largest absolute Gasteiger partial charge is 0.573 e. The number of carbonyl (C=O) groups excluding carboxylic acids is 1. The van der Waals surface area contributed by atoms with Gasteiger partial charge in [0, 0.05) is 16.1 Å². The number of amides is 1. The molecule has 0 aliphatic carbocycles. The number of halogens is 3. The fourth-order valence-electron chi connectivity index (χ4n) is 1.69. The number of hydrogen-bond acceptors (Lipinski definition) is 3. The van der Waals surface area contributed by atoms with E-state index in [4.69, 9.17) is 0 Å². The number of nitrogens with one attached hydrogen (secondary N) is 1. The van der Waals surface area contributed by atoms with Crippen molar-refractivity contribution in [2.75, 3.05) is 11.6 Å². The van der Waals surface area contributed by atoms with Crippen molar-refractivity contribution < 1.29 is 22.7 Å². The van der Waals surface area contributed by atoms with Crippen LogP contribution in [0.3, 0.4) is 0 Å². The number of benzene rings is 2. The van der Waals surface area contributed by atoms with Crippen molar-refractivity contribution in [3.63, 3.8) is 0 Å². The number of alkyl halides is 3. The SMILES string of the molecule is CSc1ccc(C(=O)Nc2ccc(OC(F)(F)F)cc2)cc1. The second-order valence-electron chi connectivity index (χ2n) is 4.25. The molecule has 0 saturated heterocycles. The van der Waals surface area contributed by atoms with E-state index >= 15 is 0 Å². The fourth-order valence-corrected chi connectivity index (χ4v) is 2.09. The molecule has 0 heterocycles. The zero-order valence-corrected chi connectivity index (χ0v) is 12.3. The minimum atomic E-state index is -4.73. The lowest BCUT2D eigenvalue weighted by Crippen LogP contribution is -2.17. The second kappa shape index (κ2) is 6.74. The zero-order chi connectivity index (χ0) is 16.2. The first-order valence-corrected chi connectivity index (χ1v) is 7.41. The molecule has 0 fully saturated rings. The molecule has 0 spiro atoms. The summed E-state index contributed by atoms with van der Waals surface area (Å²) in [4.78, 5) is 13.0. The van der Waals surface area contributed by atoms with Gasteiger partial charge >= 0.3 is 6.36 Å². The Morgan fingerprint density at radius 2 is 1.64 bits per heavy atom. The summed E-state index contributed by atoms with van der Waals surface area (Å²) < 4.78 is 39.9. The highest BCUT2D eigenvalue weighted by molar-refractivity contribution is 7.98. The molecule has 2 aromatic carbocycles. The summed E-state index contributed by atoms with van der Waals surface area (Å²) in [6.45, 7) is 0. The van der Waals surface area contributed by atoms with Crippen LogP contribution in [0.15, 0.2) is 53.4 Å². The molecule has 0 atom stereocenters. The Balaban J connectivity index is 2.02. The van der Waals surface area contributed by atoms with Gasteiger partial charge in [-0.3, -0.25) is 4.79 Å².